The second-order valence-corrected chi connectivity index (χ2v) is 4.34. The van der Waals surface area contributed by atoms with Crippen LogP contribution in [0.15, 0.2) is 36.9 Å². The zero-order valence-corrected chi connectivity index (χ0v) is 10.5. The van der Waals surface area contributed by atoms with Crippen molar-refractivity contribution < 1.29 is 4.39 Å². The van der Waals surface area contributed by atoms with Gasteiger partial charge in [-0.2, -0.15) is 0 Å². The lowest BCUT2D eigenvalue weighted by Gasteiger charge is -2.14. The van der Waals surface area contributed by atoms with Crippen LogP contribution in [0.25, 0.3) is 0 Å². The lowest BCUT2D eigenvalue weighted by atomic mass is 10.1. The number of hydrogen-bond donors (Lipinski definition) is 1. The van der Waals surface area contributed by atoms with Crippen LogP contribution in [0.3, 0.4) is 0 Å². The summed E-state index contributed by atoms with van der Waals surface area (Å²) in [6.45, 7) is 4.74. The Morgan fingerprint density at radius 2 is 2.11 bits per heavy atom. The Bertz CT molecular complexity index is 528. The Morgan fingerprint density at radius 1 is 1.28 bits per heavy atom. The van der Waals surface area contributed by atoms with Gasteiger partial charge in [0, 0.05) is 31.2 Å². The first-order valence-corrected chi connectivity index (χ1v) is 5.90. The van der Waals surface area contributed by atoms with Crippen molar-refractivity contribution in [2.45, 2.75) is 26.4 Å². The zero-order valence-electron chi connectivity index (χ0n) is 10.5. The summed E-state index contributed by atoms with van der Waals surface area (Å²) in [6, 6.07) is 3.53. The lowest BCUT2D eigenvalue weighted by Crippen LogP contribution is -2.19. The van der Waals surface area contributed by atoms with Crippen LogP contribution in [-0.2, 0) is 6.54 Å². The van der Waals surface area contributed by atoms with Crippen LogP contribution in [0.5, 0.6) is 0 Å². The van der Waals surface area contributed by atoms with Crippen molar-refractivity contribution in [3.8, 4) is 0 Å². The quantitative estimate of drug-likeness (QED) is 0.900. The Morgan fingerprint density at radius 3 is 2.83 bits per heavy atom. The summed E-state index contributed by atoms with van der Waals surface area (Å²) in [7, 11) is 0. The molecule has 2 heterocycles. The molecule has 18 heavy (non-hydrogen) atoms. The van der Waals surface area contributed by atoms with E-state index < -0.39 is 0 Å². The molecular weight excluding hydrogens is 229 g/mol. The summed E-state index contributed by atoms with van der Waals surface area (Å²) in [4.78, 5) is 7.95. The molecule has 1 N–H and O–H groups in total. The normalized spacial score (nSPS) is 12.4. The molecule has 94 valence electrons. The smallest absolute Gasteiger partial charge is 0.141 e. The van der Waals surface area contributed by atoms with E-state index in [0.29, 0.717) is 6.54 Å². The van der Waals surface area contributed by atoms with E-state index in [0.717, 1.165) is 11.1 Å². The molecule has 4 heteroatoms. The molecule has 0 spiro atoms. The molecule has 1 unspecified atom stereocenters. The number of aromatic nitrogens is 2. The molecule has 2 aromatic rings. The van der Waals surface area contributed by atoms with Crippen molar-refractivity contribution in [2.24, 2.45) is 0 Å². The van der Waals surface area contributed by atoms with Gasteiger partial charge in [-0.1, -0.05) is 0 Å². The Hall–Kier alpha value is -1.81. The van der Waals surface area contributed by atoms with E-state index in [-0.39, 0.29) is 11.9 Å². The van der Waals surface area contributed by atoms with Crippen molar-refractivity contribution >= 4 is 0 Å². The topological polar surface area (TPSA) is 37.8 Å². The number of nitrogens with zero attached hydrogens (tertiary/aromatic N) is 2. The largest absolute Gasteiger partial charge is 0.306 e. The van der Waals surface area contributed by atoms with Crippen molar-refractivity contribution in [2.75, 3.05) is 0 Å². The molecule has 0 bridgehead atoms. The fourth-order valence-corrected chi connectivity index (χ4v) is 1.73. The number of halogens is 1. The van der Waals surface area contributed by atoms with E-state index in [1.54, 1.807) is 12.4 Å². The van der Waals surface area contributed by atoms with Gasteiger partial charge in [0.2, 0.25) is 0 Å². The molecule has 0 aliphatic carbocycles. The van der Waals surface area contributed by atoms with Crippen LogP contribution in [0, 0.1) is 12.7 Å². The third-order valence-corrected chi connectivity index (χ3v) is 2.97. The summed E-state index contributed by atoms with van der Waals surface area (Å²) in [5.41, 5.74) is 3.19. The van der Waals surface area contributed by atoms with E-state index in [1.165, 1.54) is 17.8 Å². The van der Waals surface area contributed by atoms with E-state index >= 15 is 0 Å². The fourth-order valence-electron chi connectivity index (χ4n) is 1.73. The molecule has 0 saturated carbocycles. The number of rotatable bonds is 4. The SMILES string of the molecule is Cc1ccncc1CNC(C)c1cncc(F)c1. The number of pyridine rings is 2. The molecule has 3 nitrogen and oxygen atoms in total. The molecule has 0 fully saturated rings. The highest BCUT2D eigenvalue weighted by atomic mass is 19.1. The Kier molecular flexibility index (Phi) is 3.99. The number of aryl methyl sites for hydroxylation is 1. The lowest BCUT2D eigenvalue weighted by molar-refractivity contribution is 0.559. The van der Waals surface area contributed by atoms with Crippen LogP contribution in [0.4, 0.5) is 4.39 Å². The predicted molar refractivity (Wildman–Crippen MR) is 68.4 cm³/mol. The first-order valence-electron chi connectivity index (χ1n) is 5.90. The van der Waals surface area contributed by atoms with Crippen LogP contribution in [0.2, 0.25) is 0 Å². The molecule has 0 saturated heterocycles. The van der Waals surface area contributed by atoms with Gasteiger partial charge in [-0.25, -0.2) is 4.39 Å². The van der Waals surface area contributed by atoms with Crippen LogP contribution >= 0.6 is 0 Å². The van der Waals surface area contributed by atoms with Gasteiger partial charge in [0.25, 0.3) is 0 Å². The molecule has 2 rings (SSSR count). The minimum atomic E-state index is -0.307. The average molecular weight is 245 g/mol. The average Bonchev–Trinajstić information content (AvgIpc) is 2.37. The maximum atomic E-state index is 13.1. The summed E-state index contributed by atoms with van der Waals surface area (Å²) < 4.78 is 13.1. The minimum Gasteiger partial charge on any atom is -0.306 e. The predicted octanol–water partition coefficient (Wildman–Crippen LogP) is 2.77. The number of nitrogens with one attached hydrogen (secondary N) is 1. The molecule has 0 aromatic carbocycles. The highest BCUT2D eigenvalue weighted by molar-refractivity contribution is 5.22. The molecule has 0 aliphatic heterocycles. The third kappa shape index (κ3) is 3.11. The maximum Gasteiger partial charge on any atom is 0.141 e. The van der Waals surface area contributed by atoms with Gasteiger partial charge < -0.3 is 5.32 Å². The number of hydrogen-bond acceptors (Lipinski definition) is 3. The molecule has 0 aliphatic rings. The van der Waals surface area contributed by atoms with E-state index in [9.17, 15) is 4.39 Å². The molecule has 0 radical (unpaired) electrons. The van der Waals surface area contributed by atoms with Gasteiger partial charge in [0.15, 0.2) is 0 Å². The van der Waals surface area contributed by atoms with Crippen LogP contribution < -0.4 is 5.32 Å². The summed E-state index contributed by atoms with van der Waals surface area (Å²) >= 11 is 0. The fraction of sp³-hybridized carbons (Fsp3) is 0.286. The van der Waals surface area contributed by atoms with E-state index in [1.807, 2.05) is 26.1 Å². The van der Waals surface area contributed by atoms with Gasteiger partial charge in [-0.3, -0.25) is 9.97 Å². The molecule has 1 atom stereocenters. The summed E-state index contributed by atoms with van der Waals surface area (Å²) in [5.74, 6) is -0.307. The summed E-state index contributed by atoms with van der Waals surface area (Å²) in [5, 5.41) is 3.34. The van der Waals surface area contributed by atoms with Crippen molar-refractivity contribution in [1.82, 2.24) is 15.3 Å². The van der Waals surface area contributed by atoms with Gasteiger partial charge in [-0.05, 0) is 42.7 Å². The van der Waals surface area contributed by atoms with Crippen LogP contribution in [-0.4, -0.2) is 9.97 Å². The first-order chi connectivity index (χ1) is 8.66. The maximum absolute atomic E-state index is 13.1. The third-order valence-electron chi connectivity index (χ3n) is 2.97. The van der Waals surface area contributed by atoms with Crippen LogP contribution in [0.1, 0.15) is 29.7 Å². The highest BCUT2D eigenvalue weighted by Crippen LogP contribution is 2.13. The monoisotopic (exact) mass is 245 g/mol. The van der Waals surface area contributed by atoms with Gasteiger partial charge >= 0.3 is 0 Å². The Labute approximate surface area is 106 Å². The van der Waals surface area contributed by atoms with Crippen molar-refractivity contribution in [1.29, 1.82) is 0 Å². The molecule has 0 amide bonds. The molecular formula is C14H16FN3. The zero-order chi connectivity index (χ0) is 13.0. The Balaban J connectivity index is 2.00. The van der Waals surface area contributed by atoms with Crippen molar-refractivity contribution in [3.05, 3.63) is 59.4 Å². The van der Waals surface area contributed by atoms with E-state index in [4.69, 9.17) is 0 Å². The standard InChI is InChI=1S/C14H16FN3/c1-10-3-4-16-7-13(10)8-18-11(2)12-5-14(15)9-17-6-12/h3-7,9,11,18H,8H2,1-2H3. The second kappa shape index (κ2) is 5.69. The van der Waals surface area contributed by atoms with Gasteiger partial charge in [-0.15, -0.1) is 0 Å². The first kappa shape index (κ1) is 12.6. The minimum absolute atomic E-state index is 0.0489. The van der Waals surface area contributed by atoms with E-state index in [2.05, 4.69) is 15.3 Å². The summed E-state index contributed by atoms with van der Waals surface area (Å²) in [6.07, 6.45) is 6.51. The van der Waals surface area contributed by atoms with Crippen molar-refractivity contribution in [3.63, 3.8) is 0 Å². The van der Waals surface area contributed by atoms with Gasteiger partial charge in [0.05, 0.1) is 6.20 Å². The second-order valence-electron chi connectivity index (χ2n) is 4.34. The van der Waals surface area contributed by atoms with Gasteiger partial charge in [0.1, 0.15) is 5.82 Å². The highest BCUT2D eigenvalue weighted by Gasteiger charge is 2.07. The molecule has 2 aromatic heterocycles.